The maximum Gasteiger partial charge on any atom is 0.237 e. The average Bonchev–Trinajstić information content (AvgIpc) is 2.82. The van der Waals surface area contributed by atoms with Crippen LogP contribution in [0.25, 0.3) is 11.4 Å². The molecule has 1 aliphatic rings. The van der Waals surface area contributed by atoms with Crippen LogP contribution in [0.15, 0.2) is 28.8 Å². The van der Waals surface area contributed by atoms with Gasteiger partial charge in [0.1, 0.15) is 5.78 Å². The third-order valence-corrected chi connectivity index (χ3v) is 3.99. The second-order valence-electron chi connectivity index (χ2n) is 5.05. The second-order valence-corrected chi connectivity index (χ2v) is 5.46. The molecule has 4 nitrogen and oxygen atoms in total. The molecule has 1 unspecified atom stereocenters. The van der Waals surface area contributed by atoms with E-state index in [-0.39, 0.29) is 11.7 Å². The molecule has 1 aromatic heterocycles. The summed E-state index contributed by atoms with van der Waals surface area (Å²) in [6.45, 7) is 0. The Kier molecular flexibility index (Phi) is 3.83. The molecule has 0 bridgehead atoms. The molecule has 1 saturated carbocycles. The molecule has 5 heteroatoms. The fourth-order valence-corrected chi connectivity index (χ4v) is 2.77. The van der Waals surface area contributed by atoms with Crippen molar-refractivity contribution >= 4 is 17.4 Å². The number of aromatic nitrogens is 2. The molecule has 20 heavy (non-hydrogen) atoms. The van der Waals surface area contributed by atoms with Gasteiger partial charge in [0.15, 0.2) is 0 Å². The maximum absolute atomic E-state index is 12.1. The molecule has 1 aliphatic carbocycles. The normalized spacial score (nSPS) is 19.9. The summed E-state index contributed by atoms with van der Waals surface area (Å²) in [6.07, 6.45) is 4.48. The SMILES string of the molecule is O=C1CCCCCC1c1nc(-c2ccccc2Cl)no1. The Labute approximate surface area is 122 Å². The van der Waals surface area contributed by atoms with Gasteiger partial charge in [-0.05, 0) is 25.0 Å². The van der Waals surface area contributed by atoms with Gasteiger partial charge in [-0.3, -0.25) is 4.79 Å². The molecule has 3 rings (SSSR count). The minimum absolute atomic E-state index is 0.205. The lowest BCUT2D eigenvalue weighted by atomic mass is 9.99. The zero-order chi connectivity index (χ0) is 13.9. The van der Waals surface area contributed by atoms with Crippen molar-refractivity contribution in [2.45, 2.75) is 38.0 Å². The number of carbonyl (C=O) groups excluding carboxylic acids is 1. The minimum atomic E-state index is -0.249. The first-order valence-electron chi connectivity index (χ1n) is 6.87. The molecular formula is C15H15ClN2O2. The smallest absolute Gasteiger partial charge is 0.237 e. The van der Waals surface area contributed by atoms with Crippen LogP contribution in [0, 0.1) is 0 Å². The Morgan fingerprint density at radius 1 is 1.20 bits per heavy atom. The molecule has 2 aromatic rings. The van der Waals surface area contributed by atoms with E-state index in [4.69, 9.17) is 16.1 Å². The minimum Gasteiger partial charge on any atom is -0.338 e. The highest BCUT2D eigenvalue weighted by atomic mass is 35.5. The molecule has 0 N–H and O–H groups in total. The lowest BCUT2D eigenvalue weighted by Gasteiger charge is -2.06. The lowest BCUT2D eigenvalue weighted by molar-refractivity contribution is -0.120. The zero-order valence-electron chi connectivity index (χ0n) is 11.0. The number of hydrogen-bond acceptors (Lipinski definition) is 4. The fraction of sp³-hybridized carbons (Fsp3) is 0.400. The lowest BCUT2D eigenvalue weighted by Crippen LogP contribution is -2.10. The van der Waals surface area contributed by atoms with Crippen molar-refractivity contribution in [2.75, 3.05) is 0 Å². The van der Waals surface area contributed by atoms with Crippen molar-refractivity contribution in [2.24, 2.45) is 0 Å². The van der Waals surface area contributed by atoms with Crippen LogP contribution in [0.5, 0.6) is 0 Å². The first-order chi connectivity index (χ1) is 9.75. The topological polar surface area (TPSA) is 56.0 Å². The van der Waals surface area contributed by atoms with Crippen molar-refractivity contribution in [1.82, 2.24) is 10.1 Å². The summed E-state index contributed by atoms with van der Waals surface area (Å²) in [7, 11) is 0. The van der Waals surface area contributed by atoms with Crippen LogP contribution >= 0.6 is 11.6 Å². The van der Waals surface area contributed by atoms with E-state index in [2.05, 4.69) is 10.1 Å². The van der Waals surface area contributed by atoms with Gasteiger partial charge in [0.05, 0.1) is 10.9 Å². The summed E-state index contributed by atoms with van der Waals surface area (Å²) in [4.78, 5) is 16.4. The van der Waals surface area contributed by atoms with Crippen LogP contribution < -0.4 is 0 Å². The van der Waals surface area contributed by atoms with E-state index in [0.29, 0.717) is 23.2 Å². The zero-order valence-corrected chi connectivity index (χ0v) is 11.8. The van der Waals surface area contributed by atoms with Crippen molar-refractivity contribution in [3.8, 4) is 11.4 Å². The van der Waals surface area contributed by atoms with Crippen LogP contribution in [-0.2, 0) is 4.79 Å². The highest BCUT2D eigenvalue weighted by molar-refractivity contribution is 6.33. The molecule has 1 aromatic carbocycles. The summed E-state index contributed by atoms with van der Waals surface area (Å²) < 4.78 is 5.30. The highest BCUT2D eigenvalue weighted by Crippen LogP contribution is 2.31. The number of Topliss-reactive ketones (excluding diaryl/α,β-unsaturated/α-hetero) is 1. The molecule has 0 amide bonds. The van der Waals surface area contributed by atoms with Gasteiger partial charge in [-0.25, -0.2) is 0 Å². The standard InChI is InChI=1S/C15H15ClN2O2/c16-12-8-5-4-6-10(12)14-17-15(20-18-14)11-7-2-1-3-9-13(11)19/h4-6,8,11H,1-3,7,9H2. The highest BCUT2D eigenvalue weighted by Gasteiger charge is 2.28. The summed E-state index contributed by atoms with van der Waals surface area (Å²) >= 11 is 6.12. The van der Waals surface area contributed by atoms with Gasteiger partial charge in [-0.2, -0.15) is 4.98 Å². The predicted molar refractivity (Wildman–Crippen MR) is 75.6 cm³/mol. The van der Waals surface area contributed by atoms with Gasteiger partial charge < -0.3 is 4.52 Å². The number of hydrogen-bond donors (Lipinski definition) is 0. The number of nitrogens with zero attached hydrogens (tertiary/aromatic N) is 2. The Balaban J connectivity index is 1.90. The number of ketones is 1. The van der Waals surface area contributed by atoms with Crippen LogP contribution in [0.2, 0.25) is 5.02 Å². The summed E-state index contributed by atoms with van der Waals surface area (Å²) in [5, 5.41) is 4.54. The van der Waals surface area contributed by atoms with Crippen LogP contribution in [0.4, 0.5) is 0 Å². The van der Waals surface area contributed by atoms with E-state index in [0.717, 1.165) is 31.2 Å². The Bertz CT molecular complexity index is 624. The van der Waals surface area contributed by atoms with Gasteiger partial charge in [-0.15, -0.1) is 0 Å². The third-order valence-electron chi connectivity index (χ3n) is 3.66. The second kappa shape index (κ2) is 5.75. The molecule has 0 radical (unpaired) electrons. The van der Waals surface area contributed by atoms with Gasteiger partial charge in [-0.1, -0.05) is 41.7 Å². The van der Waals surface area contributed by atoms with Crippen LogP contribution in [0.1, 0.15) is 43.9 Å². The third kappa shape index (κ3) is 2.61. The monoisotopic (exact) mass is 290 g/mol. The maximum atomic E-state index is 12.1. The van der Waals surface area contributed by atoms with Gasteiger partial charge in [0, 0.05) is 12.0 Å². The molecule has 104 valence electrons. The van der Waals surface area contributed by atoms with Crippen molar-refractivity contribution in [3.63, 3.8) is 0 Å². The predicted octanol–water partition coefficient (Wildman–Crippen LogP) is 4.01. The quantitative estimate of drug-likeness (QED) is 0.784. The fourth-order valence-electron chi connectivity index (χ4n) is 2.55. The van der Waals surface area contributed by atoms with Gasteiger partial charge >= 0.3 is 0 Å². The van der Waals surface area contributed by atoms with E-state index in [1.54, 1.807) is 6.07 Å². The van der Waals surface area contributed by atoms with Crippen LogP contribution in [-0.4, -0.2) is 15.9 Å². The summed E-state index contributed by atoms with van der Waals surface area (Å²) in [5.41, 5.74) is 0.727. The van der Waals surface area contributed by atoms with E-state index in [9.17, 15) is 4.79 Å². The average molecular weight is 291 g/mol. The molecule has 0 aliphatic heterocycles. The summed E-state index contributed by atoms with van der Waals surface area (Å²) in [6, 6.07) is 7.34. The van der Waals surface area contributed by atoms with Crippen molar-refractivity contribution in [1.29, 1.82) is 0 Å². The summed E-state index contributed by atoms with van der Waals surface area (Å²) in [5.74, 6) is 0.826. The van der Waals surface area contributed by atoms with Gasteiger partial charge in [0.2, 0.25) is 11.7 Å². The molecular weight excluding hydrogens is 276 g/mol. The van der Waals surface area contributed by atoms with E-state index >= 15 is 0 Å². The Morgan fingerprint density at radius 2 is 2.05 bits per heavy atom. The van der Waals surface area contributed by atoms with Crippen molar-refractivity contribution in [3.05, 3.63) is 35.2 Å². The number of carbonyl (C=O) groups is 1. The molecule has 1 heterocycles. The Hall–Kier alpha value is -1.68. The Morgan fingerprint density at radius 3 is 2.90 bits per heavy atom. The number of rotatable bonds is 2. The largest absolute Gasteiger partial charge is 0.338 e. The molecule has 1 fully saturated rings. The van der Waals surface area contributed by atoms with E-state index in [1.807, 2.05) is 18.2 Å². The molecule has 1 atom stereocenters. The molecule has 0 saturated heterocycles. The van der Waals surface area contributed by atoms with Crippen molar-refractivity contribution < 1.29 is 9.32 Å². The number of halogens is 1. The van der Waals surface area contributed by atoms with Gasteiger partial charge in [0.25, 0.3) is 0 Å². The van der Waals surface area contributed by atoms with E-state index in [1.165, 1.54) is 0 Å². The molecule has 0 spiro atoms. The number of benzene rings is 1. The van der Waals surface area contributed by atoms with E-state index < -0.39 is 0 Å². The first-order valence-corrected chi connectivity index (χ1v) is 7.25. The van der Waals surface area contributed by atoms with Crippen LogP contribution in [0.3, 0.4) is 0 Å². The first kappa shape index (κ1) is 13.3.